The molecule has 0 saturated carbocycles. The van der Waals surface area contributed by atoms with Crippen LogP contribution >= 0.6 is 11.9 Å². The number of hydrogen-bond acceptors (Lipinski definition) is 8. The Morgan fingerprint density at radius 2 is 1.35 bits per heavy atom. The third kappa shape index (κ3) is 4.92. The number of aromatic nitrogens is 2. The number of anilines is 4. The summed E-state index contributed by atoms with van der Waals surface area (Å²) in [6.45, 7) is 0. The number of nitrogens with zero attached hydrogens (tertiary/aromatic N) is 2. The highest BCUT2D eigenvalue weighted by molar-refractivity contribution is 8.00. The molecular formula is C23H23N5O2S. The molecule has 0 unspecified atom stereocenters. The molecule has 0 fully saturated rings. The molecule has 4 rings (SSSR count). The Morgan fingerprint density at radius 1 is 0.742 bits per heavy atom. The van der Waals surface area contributed by atoms with Crippen molar-refractivity contribution >= 4 is 46.0 Å². The van der Waals surface area contributed by atoms with Crippen molar-refractivity contribution in [1.29, 1.82) is 0 Å². The Labute approximate surface area is 185 Å². The van der Waals surface area contributed by atoms with Crippen LogP contribution in [0, 0.1) is 0 Å². The molecule has 1 aromatic heterocycles. The maximum atomic E-state index is 5.38. The maximum Gasteiger partial charge on any atom is 0.180 e. The van der Waals surface area contributed by atoms with E-state index in [2.05, 4.69) is 15.4 Å². The summed E-state index contributed by atoms with van der Waals surface area (Å²) in [5.74, 6) is 2.60. The van der Waals surface area contributed by atoms with E-state index in [1.165, 1.54) is 11.9 Å². The molecule has 1 heterocycles. The molecule has 3 N–H and O–H groups in total. The van der Waals surface area contributed by atoms with Crippen LogP contribution in [-0.2, 0) is 0 Å². The Kier molecular flexibility index (Phi) is 6.28. The number of methoxy groups -OCH3 is 2. The van der Waals surface area contributed by atoms with Gasteiger partial charge in [0.25, 0.3) is 0 Å². The van der Waals surface area contributed by atoms with E-state index in [0.717, 1.165) is 27.3 Å². The van der Waals surface area contributed by atoms with Crippen LogP contribution in [0.25, 0.3) is 11.0 Å². The van der Waals surface area contributed by atoms with Crippen LogP contribution in [0.2, 0.25) is 0 Å². The Bertz CT molecular complexity index is 1160. The van der Waals surface area contributed by atoms with E-state index in [9.17, 15) is 0 Å². The third-order valence-electron chi connectivity index (χ3n) is 4.59. The van der Waals surface area contributed by atoms with Crippen LogP contribution in [0.1, 0.15) is 0 Å². The maximum absolute atomic E-state index is 5.38. The fourth-order valence-corrected chi connectivity index (χ4v) is 3.60. The Balaban J connectivity index is 1.66. The Hall–Kier alpha value is -3.65. The quantitative estimate of drug-likeness (QED) is 0.312. The van der Waals surface area contributed by atoms with Gasteiger partial charge in [-0.15, -0.1) is 0 Å². The molecular weight excluding hydrogens is 410 g/mol. The van der Waals surface area contributed by atoms with E-state index >= 15 is 0 Å². The number of nitrogens with one attached hydrogen (secondary N) is 3. The first kappa shape index (κ1) is 20.6. The molecule has 0 saturated heterocycles. The highest BCUT2D eigenvalue weighted by Crippen LogP contribution is 2.32. The molecule has 0 aliphatic heterocycles. The molecule has 0 bridgehead atoms. The van der Waals surface area contributed by atoms with E-state index in [-0.39, 0.29) is 0 Å². The van der Waals surface area contributed by atoms with E-state index in [1.54, 1.807) is 14.2 Å². The monoisotopic (exact) mass is 433 g/mol. The van der Waals surface area contributed by atoms with Crippen LogP contribution < -0.4 is 24.8 Å². The van der Waals surface area contributed by atoms with Crippen molar-refractivity contribution in [2.24, 2.45) is 0 Å². The number of ether oxygens (including phenoxy) is 2. The number of benzene rings is 3. The summed E-state index contributed by atoms with van der Waals surface area (Å²) in [6, 6.07) is 21.5. The zero-order valence-corrected chi connectivity index (χ0v) is 18.3. The van der Waals surface area contributed by atoms with Gasteiger partial charge in [0.05, 0.1) is 25.3 Å². The SMILES string of the molecule is CNc1ccc(SNc2nc3ccccc3nc2Nc2cc(OC)cc(OC)c2)cc1. The summed E-state index contributed by atoms with van der Waals surface area (Å²) in [7, 11) is 5.14. The standard InChI is InChI=1S/C23H23N5O2S/c1-24-15-8-10-19(11-9-15)31-28-23-22(26-20-6-4-5-7-21(20)27-23)25-16-12-17(29-2)14-18(13-16)30-3/h4-14,24H,1-3H3,(H,25,26)(H,27,28). The van der Waals surface area contributed by atoms with Gasteiger partial charge in [-0.1, -0.05) is 12.1 Å². The van der Waals surface area contributed by atoms with Crippen molar-refractivity contribution < 1.29 is 9.47 Å². The molecule has 8 heteroatoms. The van der Waals surface area contributed by atoms with Gasteiger partial charge in [0.1, 0.15) is 11.5 Å². The Morgan fingerprint density at radius 3 is 1.94 bits per heavy atom. The van der Waals surface area contributed by atoms with Crippen molar-refractivity contribution in [1.82, 2.24) is 9.97 Å². The number of hydrogen-bond donors (Lipinski definition) is 3. The molecule has 0 atom stereocenters. The van der Waals surface area contributed by atoms with Crippen molar-refractivity contribution in [2.45, 2.75) is 4.90 Å². The van der Waals surface area contributed by atoms with Gasteiger partial charge < -0.3 is 24.8 Å². The topological polar surface area (TPSA) is 80.3 Å². The van der Waals surface area contributed by atoms with Gasteiger partial charge >= 0.3 is 0 Å². The normalized spacial score (nSPS) is 10.5. The fraction of sp³-hybridized carbons (Fsp3) is 0.130. The first-order valence-electron chi connectivity index (χ1n) is 9.66. The average Bonchev–Trinajstić information content (AvgIpc) is 2.82. The summed E-state index contributed by atoms with van der Waals surface area (Å²) >= 11 is 1.47. The smallest absolute Gasteiger partial charge is 0.180 e. The summed E-state index contributed by atoms with van der Waals surface area (Å²) in [6.07, 6.45) is 0. The molecule has 0 aliphatic rings. The summed E-state index contributed by atoms with van der Waals surface area (Å²) < 4.78 is 14.1. The van der Waals surface area contributed by atoms with E-state index in [1.807, 2.05) is 73.8 Å². The van der Waals surface area contributed by atoms with E-state index < -0.39 is 0 Å². The second-order valence-corrected chi connectivity index (χ2v) is 7.49. The van der Waals surface area contributed by atoms with E-state index in [4.69, 9.17) is 19.4 Å². The van der Waals surface area contributed by atoms with Gasteiger partial charge in [-0.2, -0.15) is 0 Å². The number of rotatable bonds is 8. The first-order chi connectivity index (χ1) is 15.2. The highest BCUT2D eigenvalue weighted by atomic mass is 32.2. The lowest BCUT2D eigenvalue weighted by atomic mass is 10.2. The molecule has 4 aromatic rings. The lowest BCUT2D eigenvalue weighted by molar-refractivity contribution is 0.395. The van der Waals surface area contributed by atoms with Crippen molar-refractivity contribution in [3.8, 4) is 11.5 Å². The summed E-state index contributed by atoms with van der Waals surface area (Å²) in [5, 5.41) is 6.47. The first-order valence-corrected chi connectivity index (χ1v) is 10.5. The highest BCUT2D eigenvalue weighted by Gasteiger charge is 2.11. The van der Waals surface area contributed by atoms with Gasteiger partial charge in [-0.3, -0.25) is 0 Å². The zero-order valence-electron chi connectivity index (χ0n) is 17.5. The lowest BCUT2D eigenvalue weighted by Crippen LogP contribution is -2.02. The van der Waals surface area contributed by atoms with Crippen LogP contribution in [0.5, 0.6) is 11.5 Å². The second-order valence-electron chi connectivity index (χ2n) is 6.61. The zero-order chi connectivity index (χ0) is 21.6. The second kappa shape index (κ2) is 9.44. The number of para-hydroxylation sites is 2. The van der Waals surface area contributed by atoms with Gasteiger partial charge in [0.15, 0.2) is 11.6 Å². The largest absolute Gasteiger partial charge is 0.497 e. The lowest BCUT2D eigenvalue weighted by Gasteiger charge is -2.14. The molecule has 0 spiro atoms. The molecule has 3 aromatic carbocycles. The average molecular weight is 434 g/mol. The molecule has 158 valence electrons. The van der Waals surface area contributed by atoms with Gasteiger partial charge in [0, 0.05) is 41.5 Å². The minimum atomic E-state index is 0.605. The third-order valence-corrected chi connectivity index (χ3v) is 5.40. The van der Waals surface area contributed by atoms with Crippen molar-refractivity contribution in [2.75, 3.05) is 36.6 Å². The molecule has 31 heavy (non-hydrogen) atoms. The predicted octanol–water partition coefficient (Wildman–Crippen LogP) is 5.55. The van der Waals surface area contributed by atoms with Crippen molar-refractivity contribution in [3.63, 3.8) is 0 Å². The minimum absolute atomic E-state index is 0.605. The summed E-state index contributed by atoms with van der Waals surface area (Å²) in [4.78, 5) is 10.6. The van der Waals surface area contributed by atoms with Gasteiger partial charge in [-0.25, -0.2) is 9.97 Å². The summed E-state index contributed by atoms with van der Waals surface area (Å²) in [5.41, 5.74) is 3.45. The van der Waals surface area contributed by atoms with Gasteiger partial charge in [0.2, 0.25) is 0 Å². The van der Waals surface area contributed by atoms with Crippen molar-refractivity contribution in [3.05, 3.63) is 66.7 Å². The minimum Gasteiger partial charge on any atom is -0.497 e. The van der Waals surface area contributed by atoms with Gasteiger partial charge in [-0.05, 0) is 48.3 Å². The van der Waals surface area contributed by atoms with Crippen LogP contribution in [-0.4, -0.2) is 31.2 Å². The van der Waals surface area contributed by atoms with Crippen LogP contribution in [0.4, 0.5) is 23.0 Å². The number of fused-ring (bicyclic) bond motifs is 1. The molecule has 0 aliphatic carbocycles. The van der Waals surface area contributed by atoms with Crippen LogP contribution in [0.3, 0.4) is 0 Å². The van der Waals surface area contributed by atoms with E-state index in [0.29, 0.717) is 23.1 Å². The predicted molar refractivity (Wildman–Crippen MR) is 128 cm³/mol. The molecule has 0 radical (unpaired) electrons. The molecule has 7 nitrogen and oxygen atoms in total. The molecule has 0 amide bonds. The fourth-order valence-electron chi connectivity index (χ4n) is 2.97. The van der Waals surface area contributed by atoms with Crippen LogP contribution in [0.15, 0.2) is 71.6 Å².